The number of carbonyl (C=O) groups excluding carboxylic acids is 3. The second kappa shape index (κ2) is 9.27. The van der Waals surface area contributed by atoms with Gasteiger partial charge >= 0.3 is 12.0 Å². The molecular weight excluding hydrogens is 380 g/mol. The maximum atomic E-state index is 11.7. The number of rotatable bonds is 6. The molecule has 1 aromatic carbocycles. The molecule has 0 aliphatic heterocycles. The van der Waals surface area contributed by atoms with E-state index in [1.165, 1.54) is 6.92 Å². The molecule has 0 aliphatic carbocycles. The van der Waals surface area contributed by atoms with Gasteiger partial charge in [-0.15, -0.1) is 0 Å². The quantitative estimate of drug-likeness (QED) is 0.714. The van der Waals surface area contributed by atoms with Gasteiger partial charge < -0.3 is 14.8 Å². The molecule has 0 aromatic heterocycles. The van der Waals surface area contributed by atoms with Crippen LogP contribution in [0, 0.1) is 6.92 Å². The highest BCUT2D eigenvalue weighted by molar-refractivity contribution is 9.10. The van der Waals surface area contributed by atoms with Gasteiger partial charge in [-0.1, -0.05) is 6.07 Å². The Morgan fingerprint density at radius 2 is 1.88 bits per heavy atom. The first-order chi connectivity index (χ1) is 11.2. The van der Waals surface area contributed by atoms with Crippen LogP contribution in [0.15, 0.2) is 22.7 Å². The molecule has 1 atom stereocenters. The smallest absolute Gasteiger partial charge is 0.344 e. The van der Waals surface area contributed by atoms with Crippen molar-refractivity contribution in [3.05, 3.63) is 28.2 Å². The summed E-state index contributed by atoms with van der Waals surface area (Å²) in [6.07, 6.45) is -1.11. The molecule has 0 saturated heterocycles. The van der Waals surface area contributed by atoms with Gasteiger partial charge in [0.15, 0.2) is 12.7 Å². The molecule has 8 heteroatoms. The number of ether oxygens (including phenoxy) is 2. The topological polar surface area (TPSA) is 93.7 Å². The fraction of sp³-hybridized carbons (Fsp3) is 0.438. The Bertz CT molecular complexity index is 618. The number of hydrogen-bond acceptors (Lipinski definition) is 5. The Hall–Kier alpha value is -2.09. The lowest BCUT2D eigenvalue weighted by atomic mass is 10.2. The van der Waals surface area contributed by atoms with Crippen molar-refractivity contribution in [3.8, 4) is 5.75 Å². The van der Waals surface area contributed by atoms with Crippen molar-refractivity contribution >= 4 is 33.8 Å². The minimum absolute atomic E-state index is 0.114. The Kier molecular flexibility index (Phi) is 7.70. The van der Waals surface area contributed by atoms with Crippen molar-refractivity contribution < 1.29 is 23.9 Å². The molecule has 0 fully saturated rings. The third kappa shape index (κ3) is 6.99. The minimum atomic E-state index is -1.11. The molecule has 1 aromatic rings. The highest BCUT2D eigenvalue weighted by atomic mass is 79.9. The number of esters is 1. The summed E-state index contributed by atoms with van der Waals surface area (Å²) in [7, 11) is 0. The van der Waals surface area contributed by atoms with Crippen molar-refractivity contribution in [2.24, 2.45) is 0 Å². The molecule has 0 heterocycles. The van der Waals surface area contributed by atoms with Gasteiger partial charge in [-0.25, -0.2) is 9.59 Å². The summed E-state index contributed by atoms with van der Waals surface area (Å²) in [6, 6.07) is 4.66. The maximum Gasteiger partial charge on any atom is 0.344 e. The van der Waals surface area contributed by atoms with E-state index in [2.05, 4.69) is 26.6 Å². The molecular formula is C16H21BrN2O5. The molecule has 1 rings (SSSR count). The lowest BCUT2D eigenvalue weighted by Gasteiger charge is -2.15. The lowest BCUT2D eigenvalue weighted by molar-refractivity contribution is -0.156. The van der Waals surface area contributed by atoms with Gasteiger partial charge in [-0.05, 0) is 61.3 Å². The van der Waals surface area contributed by atoms with E-state index in [4.69, 9.17) is 9.47 Å². The van der Waals surface area contributed by atoms with Crippen molar-refractivity contribution in [1.29, 1.82) is 0 Å². The summed E-state index contributed by atoms with van der Waals surface area (Å²) in [5.74, 6) is -0.932. The predicted octanol–water partition coefficient (Wildman–Crippen LogP) is 2.30. The van der Waals surface area contributed by atoms with E-state index in [1.54, 1.807) is 19.9 Å². The fourth-order valence-corrected chi connectivity index (χ4v) is 2.26. The van der Waals surface area contributed by atoms with E-state index in [0.29, 0.717) is 10.2 Å². The molecule has 24 heavy (non-hydrogen) atoms. The van der Waals surface area contributed by atoms with E-state index in [1.807, 2.05) is 19.1 Å². The molecule has 0 bridgehead atoms. The Morgan fingerprint density at radius 1 is 1.21 bits per heavy atom. The Balaban J connectivity index is 2.43. The SMILES string of the molecule is Cc1ccc(OCC(=O)O[C@@H](C)C(=O)NC(=O)NC(C)C)c(Br)c1. The largest absolute Gasteiger partial charge is 0.481 e. The van der Waals surface area contributed by atoms with E-state index in [0.717, 1.165) is 5.56 Å². The number of imide groups is 1. The number of urea groups is 1. The number of hydrogen-bond donors (Lipinski definition) is 2. The lowest BCUT2D eigenvalue weighted by Crippen LogP contribution is -2.46. The number of halogens is 1. The Morgan fingerprint density at radius 3 is 2.46 bits per heavy atom. The molecule has 0 saturated carbocycles. The summed E-state index contributed by atoms with van der Waals surface area (Å²) < 4.78 is 11.0. The first kappa shape index (κ1) is 20.0. The van der Waals surface area contributed by atoms with Crippen LogP contribution in [0.3, 0.4) is 0 Å². The second-order valence-corrected chi connectivity index (χ2v) is 6.33. The van der Waals surface area contributed by atoms with Crippen LogP contribution in [-0.4, -0.2) is 36.7 Å². The van der Waals surface area contributed by atoms with Gasteiger partial charge in [-0.3, -0.25) is 10.1 Å². The first-order valence-electron chi connectivity index (χ1n) is 7.38. The highest BCUT2D eigenvalue weighted by Crippen LogP contribution is 2.25. The first-order valence-corrected chi connectivity index (χ1v) is 8.18. The van der Waals surface area contributed by atoms with Gasteiger partial charge in [0.25, 0.3) is 5.91 Å². The molecule has 0 aliphatic rings. The van der Waals surface area contributed by atoms with Gasteiger partial charge in [0.2, 0.25) is 0 Å². The third-order valence-corrected chi connectivity index (χ3v) is 3.39. The number of carbonyl (C=O) groups is 3. The van der Waals surface area contributed by atoms with Gasteiger partial charge in [0, 0.05) is 6.04 Å². The van der Waals surface area contributed by atoms with Crippen LogP contribution in [-0.2, 0) is 14.3 Å². The average Bonchev–Trinajstić information content (AvgIpc) is 2.45. The number of benzene rings is 1. The van der Waals surface area contributed by atoms with E-state index >= 15 is 0 Å². The molecule has 3 amide bonds. The van der Waals surface area contributed by atoms with E-state index < -0.39 is 24.0 Å². The minimum Gasteiger partial charge on any atom is -0.481 e. The summed E-state index contributed by atoms with van der Waals surface area (Å²) in [5.41, 5.74) is 1.04. The predicted molar refractivity (Wildman–Crippen MR) is 91.7 cm³/mol. The number of amides is 3. The van der Waals surface area contributed by atoms with Crippen molar-refractivity contribution in [2.75, 3.05) is 6.61 Å². The standard InChI is InChI=1S/C16H21BrN2O5/c1-9(2)18-16(22)19-15(21)11(4)24-14(20)8-23-13-6-5-10(3)7-12(13)17/h5-7,9,11H,8H2,1-4H3,(H2,18,19,21,22)/t11-/m0/s1. The van der Waals surface area contributed by atoms with Crippen LogP contribution >= 0.6 is 15.9 Å². The van der Waals surface area contributed by atoms with Crippen molar-refractivity contribution in [1.82, 2.24) is 10.6 Å². The molecule has 0 spiro atoms. The zero-order valence-electron chi connectivity index (χ0n) is 14.0. The second-order valence-electron chi connectivity index (χ2n) is 5.47. The summed E-state index contributed by atoms with van der Waals surface area (Å²) in [5, 5.41) is 4.59. The van der Waals surface area contributed by atoms with Crippen LogP contribution in [0.25, 0.3) is 0 Å². The average molecular weight is 401 g/mol. The van der Waals surface area contributed by atoms with Crippen LogP contribution in [0.2, 0.25) is 0 Å². The normalized spacial score (nSPS) is 11.6. The zero-order chi connectivity index (χ0) is 18.3. The zero-order valence-corrected chi connectivity index (χ0v) is 15.6. The van der Waals surface area contributed by atoms with Crippen molar-refractivity contribution in [3.63, 3.8) is 0 Å². The summed E-state index contributed by atoms with van der Waals surface area (Å²) in [6.45, 7) is 6.47. The van der Waals surface area contributed by atoms with Crippen LogP contribution in [0.1, 0.15) is 26.3 Å². The Labute approximate surface area is 149 Å². The summed E-state index contributed by atoms with van der Waals surface area (Å²) >= 11 is 3.33. The number of nitrogens with one attached hydrogen (secondary N) is 2. The molecule has 132 valence electrons. The van der Waals surface area contributed by atoms with Crippen molar-refractivity contribution in [2.45, 2.75) is 39.8 Å². The fourth-order valence-electron chi connectivity index (χ4n) is 1.66. The monoisotopic (exact) mass is 400 g/mol. The highest BCUT2D eigenvalue weighted by Gasteiger charge is 2.20. The van der Waals surface area contributed by atoms with Crippen LogP contribution < -0.4 is 15.4 Å². The van der Waals surface area contributed by atoms with Gasteiger partial charge in [-0.2, -0.15) is 0 Å². The van der Waals surface area contributed by atoms with Gasteiger partial charge in [0.05, 0.1) is 4.47 Å². The molecule has 0 radical (unpaired) electrons. The number of aryl methyl sites for hydroxylation is 1. The van der Waals surface area contributed by atoms with Crippen LogP contribution in [0.4, 0.5) is 4.79 Å². The summed E-state index contributed by atoms with van der Waals surface area (Å²) in [4.78, 5) is 34.9. The molecule has 0 unspecified atom stereocenters. The third-order valence-electron chi connectivity index (χ3n) is 2.77. The van der Waals surface area contributed by atoms with Crippen LogP contribution in [0.5, 0.6) is 5.75 Å². The maximum absolute atomic E-state index is 11.7. The van der Waals surface area contributed by atoms with Gasteiger partial charge in [0.1, 0.15) is 5.75 Å². The molecule has 7 nitrogen and oxygen atoms in total. The molecule has 2 N–H and O–H groups in total. The van der Waals surface area contributed by atoms with E-state index in [-0.39, 0.29) is 12.6 Å². The van der Waals surface area contributed by atoms with E-state index in [9.17, 15) is 14.4 Å².